The van der Waals surface area contributed by atoms with Gasteiger partial charge in [-0.25, -0.2) is 9.78 Å². The summed E-state index contributed by atoms with van der Waals surface area (Å²) in [5, 5.41) is 3.31. The summed E-state index contributed by atoms with van der Waals surface area (Å²) >= 11 is 6.51. The second kappa shape index (κ2) is 12.0. The van der Waals surface area contributed by atoms with E-state index in [1.54, 1.807) is 31.4 Å². The van der Waals surface area contributed by atoms with Crippen molar-refractivity contribution in [2.75, 3.05) is 61.1 Å². The number of anilines is 4. The number of benzene rings is 3. The van der Waals surface area contributed by atoms with Gasteiger partial charge in [0.1, 0.15) is 5.82 Å². The second-order valence-electron chi connectivity index (χ2n) is 11.0. The van der Waals surface area contributed by atoms with Gasteiger partial charge in [0.15, 0.2) is 0 Å². The molecule has 2 aliphatic heterocycles. The Morgan fingerprint density at radius 3 is 2.51 bits per heavy atom. The minimum Gasteiger partial charge on any atom is -0.368 e. The molecular formula is C32H33ClN8O2. The van der Waals surface area contributed by atoms with Gasteiger partial charge in [-0.3, -0.25) is 19.5 Å². The van der Waals surface area contributed by atoms with Gasteiger partial charge in [-0.2, -0.15) is 4.98 Å². The highest BCUT2D eigenvalue weighted by Crippen LogP contribution is 2.35. The van der Waals surface area contributed by atoms with Crippen molar-refractivity contribution in [3.63, 3.8) is 0 Å². The minimum absolute atomic E-state index is 0.0948. The lowest BCUT2D eigenvalue weighted by Crippen LogP contribution is -2.46. The van der Waals surface area contributed by atoms with Crippen LogP contribution < -0.4 is 20.9 Å². The van der Waals surface area contributed by atoms with Crippen molar-refractivity contribution in [2.45, 2.75) is 13.1 Å². The number of hydrogen-bond acceptors (Lipinski definition) is 7. The van der Waals surface area contributed by atoms with E-state index in [1.165, 1.54) is 15.4 Å². The van der Waals surface area contributed by atoms with Gasteiger partial charge in [0.2, 0.25) is 5.95 Å². The molecule has 1 aromatic heterocycles. The molecule has 0 atom stereocenters. The van der Waals surface area contributed by atoms with Gasteiger partial charge in [-0.05, 0) is 60.1 Å². The third kappa shape index (κ3) is 6.17. The van der Waals surface area contributed by atoms with E-state index in [4.69, 9.17) is 17.3 Å². The highest BCUT2D eigenvalue weighted by Gasteiger charge is 2.31. The zero-order chi connectivity index (χ0) is 30.1. The molecular weight excluding hydrogens is 564 g/mol. The topological polar surface area (TPSA) is 111 Å². The Labute approximate surface area is 255 Å². The van der Waals surface area contributed by atoms with Gasteiger partial charge < -0.3 is 16.0 Å². The molecule has 10 nitrogen and oxygen atoms in total. The normalized spacial score (nSPS) is 15.8. The standard InChI is InChI=1S/C32H33ClN8O2/c1-38-12-14-40(15-13-38)19-21-4-3-5-24(16-21)22-6-8-23(9-7-22)30(42)36-26-10-11-27(33)28(17-26)41-20-25-18-35-31(34)37-29(25)39(2)32(41)43/h3-11,16-18H,12-15,19-20H2,1-2H3,(H,36,42)(H2,34,35,37). The zero-order valence-corrected chi connectivity index (χ0v) is 24.9. The van der Waals surface area contributed by atoms with Crippen molar-refractivity contribution in [1.29, 1.82) is 0 Å². The molecule has 0 saturated carbocycles. The SMILES string of the molecule is CN1CCN(Cc2cccc(-c3ccc(C(=O)Nc4ccc(Cl)c(N5Cc6cnc(N)nc6N(C)C5=O)c4)cc3)c2)CC1. The first kappa shape index (κ1) is 28.6. The summed E-state index contributed by atoms with van der Waals surface area (Å²) in [6.07, 6.45) is 1.60. The van der Waals surface area contributed by atoms with Crippen LogP contribution in [0.5, 0.6) is 0 Å². The molecule has 0 bridgehead atoms. The number of aromatic nitrogens is 2. The molecule has 3 aromatic carbocycles. The first-order chi connectivity index (χ1) is 20.7. The van der Waals surface area contributed by atoms with Gasteiger partial charge in [-0.1, -0.05) is 41.9 Å². The van der Waals surface area contributed by atoms with E-state index in [2.05, 4.69) is 56.4 Å². The molecule has 3 amide bonds. The Morgan fingerprint density at radius 2 is 1.74 bits per heavy atom. The molecule has 0 unspecified atom stereocenters. The molecule has 0 aliphatic carbocycles. The fourth-order valence-electron chi connectivity index (χ4n) is 5.44. The smallest absolute Gasteiger partial charge is 0.330 e. The summed E-state index contributed by atoms with van der Waals surface area (Å²) in [6.45, 7) is 5.47. The molecule has 1 fully saturated rings. The van der Waals surface area contributed by atoms with Crippen molar-refractivity contribution in [3.8, 4) is 11.1 Å². The Morgan fingerprint density at radius 1 is 0.977 bits per heavy atom. The van der Waals surface area contributed by atoms with E-state index in [-0.39, 0.29) is 24.4 Å². The quantitative estimate of drug-likeness (QED) is 0.324. The Kier molecular flexibility index (Phi) is 7.98. The number of carbonyl (C=O) groups excluding carboxylic acids is 2. The van der Waals surface area contributed by atoms with Crippen LogP contribution in [0.3, 0.4) is 0 Å². The first-order valence-corrected chi connectivity index (χ1v) is 14.5. The highest BCUT2D eigenvalue weighted by molar-refractivity contribution is 6.34. The van der Waals surface area contributed by atoms with Crippen LogP contribution in [0, 0.1) is 0 Å². The van der Waals surface area contributed by atoms with Crippen LogP contribution in [-0.2, 0) is 13.1 Å². The number of likely N-dealkylation sites (N-methyl/N-ethyl adjacent to an activating group) is 1. The number of carbonyl (C=O) groups is 2. The van der Waals surface area contributed by atoms with Crippen molar-refractivity contribution in [2.24, 2.45) is 0 Å². The van der Waals surface area contributed by atoms with E-state index < -0.39 is 0 Å². The summed E-state index contributed by atoms with van der Waals surface area (Å²) in [4.78, 5) is 42.4. The van der Waals surface area contributed by atoms with Crippen molar-refractivity contribution < 1.29 is 9.59 Å². The second-order valence-corrected chi connectivity index (χ2v) is 11.4. The third-order valence-electron chi connectivity index (χ3n) is 7.93. The lowest BCUT2D eigenvalue weighted by Gasteiger charge is -2.34. The van der Waals surface area contributed by atoms with Gasteiger partial charge in [0.25, 0.3) is 5.91 Å². The number of nitrogens with zero attached hydrogens (tertiary/aromatic N) is 6. The maximum atomic E-state index is 13.2. The molecule has 220 valence electrons. The van der Waals surface area contributed by atoms with Crippen LogP contribution in [0.25, 0.3) is 11.1 Å². The maximum absolute atomic E-state index is 13.2. The molecule has 1 saturated heterocycles. The maximum Gasteiger partial charge on any atom is 0.330 e. The van der Waals surface area contributed by atoms with Crippen LogP contribution in [0.2, 0.25) is 5.02 Å². The van der Waals surface area contributed by atoms with Gasteiger partial charge in [-0.15, -0.1) is 0 Å². The monoisotopic (exact) mass is 596 g/mol. The van der Waals surface area contributed by atoms with Crippen LogP contribution >= 0.6 is 11.6 Å². The van der Waals surface area contributed by atoms with Crippen molar-refractivity contribution in [3.05, 3.63) is 94.6 Å². The first-order valence-electron chi connectivity index (χ1n) is 14.1. The molecule has 3 N–H and O–H groups in total. The lowest BCUT2D eigenvalue weighted by atomic mass is 10.0. The Balaban J connectivity index is 1.15. The van der Waals surface area contributed by atoms with Gasteiger partial charge >= 0.3 is 6.03 Å². The number of halogens is 1. The summed E-state index contributed by atoms with van der Waals surface area (Å²) in [6, 6.07) is 20.9. The van der Waals surface area contributed by atoms with Gasteiger partial charge in [0, 0.05) is 62.8 Å². The molecule has 43 heavy (non-hydrogen) atoms. The van der Waals surface area contributed by atoms with Crippen molar-refractivity contribution in [1.82, 2.24) is 19.8 Å². The zero-order valence-electron chi connectivity index (χ0n) is 24.1. The number of nitrogen functional groups attached to an aromatic ring is 1. The van der Waals surface area contributed by atoms with Crippen LogP contribution in [0.4, 0.5) is 27.9 Å². The highest BCUT2D eigenvalue weighted by atomic mass is 35.5. The number of hydrogen-bond donors (Lipinski definition) is 2. The molecule has 2 aliphatic rings. The minimum atomic E-state index is -0.320. The average molecular weight is 597 g/mol. The number of rotatable bonds is 6. The predicted molar refractivity (Wildman–Crippen MR) is 170 cm³/mol. The molecule has 11 heteroatoms. The molecule has 0 radical (unpaired) electrons. The van der Waals surface area contributed by atoms with E-state index >= 15 is 0 Å². The molecule has 3 heterocycles. The number of nitrogens with two attached hydrogens (primary N) is 1. The predicted octanol–water partition coefficient (Wildman–Crippen LogP) is 4.96. The number of urea groups is 1. The van der Waals surface area contributed by atoms with Crippen LogP contribution in [0.15, 0.2) is 72.9 Å². The largest absolute Gasteiger partial charge is 0.368 e. The van der Waals surface area contributed by atoms with E-state index in [9.17, 15) is 9.59 Å². The van der Waals surface area contributed by atoms with Crippen molar-refractivity contribution >= 4 is 46.7 Å². The summed E-state index contributed by atoms with van der Waals surface area (Å²) in [5.74, 6) is 0.289. The fraction of sp³-hybridized carbons (Fsp3) is 0.250. The fourth-order valence-corrected chi connectivity index (χ4v) is 5.66. The molecule has 4 aromatic rings. The van der Waals surface area contributed by atoms with Crippen LogP contribution in [-0.4, -0.2) is 72.0 Å². The molecule has 6 rings (SSSR count). The van der Waals surface area contributed by atoms with E-state index in [0.717, 1.165) is 49.4 Å². The van der Waals surface area contributed by atoms with E-state index in [1.807, 2.05) is 24.3 Å². The van der Waals surface area contributed by atoms with Crippen LogP contribution in [0.1, 0.15) is 21.5 Å². The average Bonchev–Trinajstić information content (AvgIpc) is 3.01. The molecule has 0 spiro atoms. The number of piperazine rings is 1. The Bertz CT molecular complexity index is 1670. The third-order valence-corrected chi connectivity index (χ3v) is 8.25. The summed E-state index contributed by atoms with van der Waals surface area (Å²) < 4.78 is 0. The van der Waals surface area contributed by atoms with E-state index in [0.29, 0.717) is 27.8 Å². The summed E-state index contributed by atoms with van der Waals surface area (Å²) in [7, 11) is 3.78. The lowest BCUT2D eigenvalue weighted by molar-refractivity contribution is 0.102. The summed E-state index contributed by atoms with van der Waals surface area (Å²) in [5.41, 5.74) is 11.4. The number of fused-ring (bicyclic) bond motifs is 1. The number of amides is 3. The Hall–Kier alpha value is -4.51. The van der Waals surface area contributed by atoms with Gasteiger partial charge in [0.05, 0.1) is 17.3 Å². The number of nitrogens with one attached hydrogen (secondary N) is 1.